The molecule has 1 aromatic heterocycles. The number of ether oxygens (including phenoxy) is 1. The highest BCUT2D eigenvalue weighted by atomic mass is 35.5. The molecule has 0 atom stereocenters. The van der Waals surface area contributed by atoms with E-state index in [2.05, 4.69) is 4.98 Å². The van der Waals surface area contributed by atoms with Crippen molar-refractivity contribution in [3.05, 3.63) is 39.6 Å². The number of carbonyl (C=O) groups excluding carboxylic acids is 2. The summed E-state index contributed by atoms with van der Waals surface area (Å²) in [4.78, 5) is 31.0. The first-order valence-electron chi connectivity index (χ1n) is 8.15. The van der Waals surface area contributed by atoms with Crippen molar-refractivity contribution >= 4 is 34.5 Å². The summed E-state index contributed by atoms with van der Waals surface area (Å²) in [6.07, 6.45) is 0. The van der Waals surface area contributed by atoms with E-state index in [9.17, 15) is 14.0 Å². The molecule has 0 bridgehead atoms. The normalized spacial score (nSPS) is 19.8. The summed E-state index contributed by atoms with van der Waals surface area (Å²) in [6.45, 7) is 8.45. The molecule has 3 rings (SSSR count). The minimum Gasteiger partial charge on any atom is -0.354 e. The van der Waals surface area contributed by atoms with E-state index >= 15 is 0 Å². The summed E-state index contributed by atoms with van der Waals surface area (Å²) in [5, 5.41) is 0.566. The molecule has 0 saturated carbocycles. The van der Waals surface area contributed by atoms with Crippen LogP contribution in [-0.2, 0) is 14.3 Å². The van der Waals surface area contributed by atoms with Crippen LogP contribution in [0.25, 0.3) is 10.6 Å². The fraction of sp³-hybridized carbons (Fsp3) is 0.421. The van der Waals surface area contributed by atoms with Crippen LogP contribution < -0.4 is 0 Å². The third-order valence-corrected chi connectivity index (χ3v) is 5.84. The first-order chi connectivity index (χ1) is 11.9. The molecule has 2 heterocycles. The lowest BCUT2D eigenvalue weighted by atomic mass is 9.76. The van der Waals surface area contributed by atoms with Gasteiger partial charge in [0.1, 0.15) is 27.9 Å². The number of aromatic nitrogens is 1. The zero-order valence-electron chi connectivity index (χ0n) is 15.1. The van der Waals surface area contributed by atoms with Crippen molar-refractivity contribution in [2.24, 2.45) is 0 Å². The molecule has 0 N–H and O–H groups in total. The summed E-state index contributed by atoms with van der Waals surface area (Å²) in [5.74, 6) is -2.16. The number of ketones is 2. The second-order valence-corrected chi connectivity index (χ2v) is 8.98. The molecule has 1 aliphatic rings. The zero-order valence-corrected chi connectivity index (χ0v) is 16.7. The molecule has 1 aromatic carbocycles. The number of Topliss-reactive ketones (excluding diaryl/α,β-unsaturated/α-hetero) is 2. The van der Waals surface area contributed by atoms with E-state index in [-0.39, 0.29) is 16.6 Å². The molecule has 26 heavy (non-hydrogen) atoms. The highest BCUT2D eigenvalue weighted by molar-refractivity contribution is 7.15. The molecule has 1 saturated heterocycles. The van der Waals surface area contributed by atoms with Crippen molar-refractivity contribution in [1.82, 2.24) is 4.98 Å². The van der Waals surface area contributed by atoms with Crippen LogP contribution in [0.4, 0.5) is 4.39 Å². The Balaban J connectivity index is 2.09. The van der Waals surface area contributed by atoms with Crippen LogP contribution in [0.15, 0.2) is 18.2 Å². The molecule has 0 radical (unpaired) electrons. The van der Waals surface area contributed by atoms with E-state index in [1.165, 1.54) is 23.5 Å². The number of hydrogen-bond donors (Lipinski definition) is 0. The number of rotatable bonds is 2. The van der Waals surface area contributed by atoms with E-state index in [0.29, 0.717) is 16.3 Å². The Labute approximate surface area is 160 Å². The number of hydrogen-bond acceptors (Lipinski definition) is 5. The number of aryl methyl sites for hydroxylation is 1. The molecule has 2 aromatic rings. The van der Waals surface area contributed by atoms with Gasteiger partial charge in [-0.15, -0.1) is 11.3 Å². The van der Waals surface area contributed by atoms with Gasteiger partial charge in [0, 0.05) is 10.4 Å². The lowest BCUT2D eigenvalue weighted by molar-refractivity contribution is -0.184. The molecule has 1 aliphatic heterocycles. The zero-order chi connectivity index (χ0) is 19.4. The summed E-state index contributed by atoms with van der Waals surface area (Å²) >= 11 is 7.05. The summed E-state index contributed by atoms with van der Waals surface area (Å²) in [5.41, 5.74) is -1.22. The van der Waals surface area contributed by atoms with Crippen LogP contribution in [0.1, 0.15) is 44.2 Å². The van der Waals surface area contributed by atoms with Gasteiger partial charge in [-0.2, -0.15) is 0 Å². The van der Waals surface area contributed by atoms with Gasteiger partial charge in [-0.3, -0.25) is 9.59 Å². The van der Waals surface area contributed by atoms with E-state index in [0.717, 1.165) is 4.88 Å². The number of carbonyl (C=O) groups is 2. The maximum Gasteiger partial charge on any atom is 0.180 e. The van der Waals surface area contributed by atoms with Crippen molar-refractivity contribution in [1.29, 1.82) is 0 Å². The van der Waals surface area contributed by atoms with Crippen LogP contribution in [0.2, 0.25) is 5.02 Å². The number of nitrogens with zero attached hydrogens (tertiary/aromatic N) is 1. The maximum absolute atomic E-state index is 13.8. The van der Waals surface area contributed by atoms with Gasteiger partial charge >= 0.3 is 0 Å². The molecule has 7 heteroatoms. The molecule has 0 unspecified atom stereocenters. The molecular weight excluding hydrogens is 377 g/mol. The van der Waals surface area contributed by atoms with Crippen molar-refractivity contribution in [2.75, 3.05) is 0 Å². The van der Waals surface area contributed by atoms with Crippen LogP contribution in [0.3, 0.4) is 0 Å². The highest BCUT2D eigenvalue weighted by Gasteiger charge is 2.54. The van der Waals surface area contributed by atoms with Gasteiger partial charge in [0.15, 0.2) is 11.6 Å². The van der Waals surface area contributed by atoms with Crippen molar-refractivity contribution in [3.63, 3.8) is 0 Å². The molecule has 0 amide bonds. The van der Waals surface area contributed by atoms with Gasteiger partial charge in [-0.05, 0) is 46.8 Å². The maximum atomic E-state index is 13.8. The standard InChI is InChI=1S/C19H19ClFNO3S/c1-9-14(13-15(23)18(2,3)25-19(4,5)16(13)24)22-17(26-9)10-6-7-11(20)12(21)8-10/h6-8,13H,1-5H3. The fourth-order valence-corrected chi connectivity index (χ4v) is 4.29. The molecule has 0 aliphatic carbocycles. The third kappa shape index (κ3) is 3.10. The summed E-state index contributed by atoms with van der Waals surface area (Å²) in [6, 6.07) is 4.42. The number of thiazole rings is 1. The number of halogens is 2. The predicted molar refractivity (Wildman–Crippen MR) is 99.3 cm³/mol. The summed E-state index contributed by atoms with van der Waals surface area (Å²) in [7, 11) is 0. The van der Waals surface area contributed by atoms with Crippen molar-refractivity contribution in [2.45, 2.75) is 51.7 Å². The minimum absolute atomic E-state index is 0.0283. The van der Waals surface area contributed by atoms with Gasteiger partial charge in [0.2, 0.25) is 0 Å². The molecule has 4 nitrogen and oxygen atoms in total. The third-order valence-electron chi connectivity index (χ3n) is 4.49. The molecule has 0 spiro atoms. The SMILES string of the molecule is Cc1sc(-c2ccc(Cl)c(F)c2)nc1C1C(=O)C(C)(C)OC(C)(C)C1=O. The Bertz CT molecular complexity index is 894. The average molecular weight is 396 g/mol. The lowest BCUT2D eigenvalue weighted by Gasteiger charge is -2.42. The van der Waals surface area contributed by atoms with Gasteiger partial charge in [-0.25, -0.2) is 9.37 Å². The first-order valence-corrected chi connectivity index (χ1v) is 9.35. The first kappa shape index (κ1) is 19.1. The molecule has 1 fully saturated rings. The monoisotopic (exact) mass is 395 g/mol. The Morgan fingerprint density at radius 1 is 1.15 bits per heavy atom. The Hall–Kier alpha value is -1.63. The van der Waals surface area contributed by atoms with Crippen LogP contribution >= 0.6 is 22.9 Å². The quantitative estimate of drug-likeness (QED) is 0.690. The smallest absolute Gasteiger partial charge is 0.180 e. The second kappa shape index (κ2) is 6.22. The van der Waals surface area contributed by atoms with Gasteiger partial charge in [-0.1, -0.05) is 17.7 Å². The van der Waals surface area contributed by atoms with Crippen LogP contribution in [0, 0.1) is 12.7 Å². The Kier molecular flexibility index (Phi) is 4.58. The summed E-state index contributed by atoms with van der Waals surface area (Å²) < 4.78 is 19.5. The predicted octanol–water partition coefficient (Wildman–Crippen LogP) is 4.72. The molecule has 138 valence electrons. The van der Waals surface area contributed by atoms with Crippen LogP contribution in [-0.4, -0.2) is 27.8 Å². The van der Waals surface area contributed by atoms with Gasteiger partial charge in [0.25, 0.3) is 0 Å². The number of benzene rings is 1. The topological polar surface area (TPSA) is 56.3 Å². The second-order valence-electron chi connectivity index (χ2n) is 7.37. The van der Waals surface area contributed by atoms with Gasteiger partial charge in [0.05, 0.1) is 10.7 Å². The largest absolute Gasteiger partial charge is 0.354 e. The van der Waals surface area contributed by atoms with Crippen molar-refractivity contribution < 1.29 is 18.7 Å². The Morgan fingerprint density at radius 3 is 2.27 bits per heavy atom. The van der Waals surface area contributed by atoms with E-state index in [1.54, 1.807) is 40.7 Å². The van der Waals surface area contributed by atoms with E-state index in [4.69, 9.17) is 16.3 Å². The fourth-order valence-electron chi connectivity index (χ4n) is 3.23. The average Bonchev–Trinajstić information content (AvgIpc) is 2.90. The lowest BCUT2D eigenvalue weighted by Crippen LogP contribution is -2.58. The van der Waals surface area contributed by atoms with Crippen LogP contribution in [0.5, 0.6) is 0 Å². The highest BCUT2D eigenvalue weighted by Crippen LogP contribution is 2.41. The van der Waals surface area contributed by atoms with E-state index in [1.807, 2.05) is 0 Å². The van der Waals surface area contributed by atoms with Gasteiger partial charge < -0.3 is 4.74 Å². The minimum atomic E-state index is -1.09. The molecular formula is C19H19ClFNO3S. The Morgan fingerprint density at radius 2 is 1.73 bits per heavy atom. The van der Waals surface area contributed by atoms with E-state index < -0.39 is 22.9 Å². The van der Waals surface area contributed by atoms with Crippen molar-refractivity contribution in [3.8, 4) is 10.6 Å².